The third-order valence-electron chi connectivity index (χ3n) is 3.32. The van der Waals surface area contributed by atoms with Crippen LogP contribution in [0.15, 0.2) is 60.8 Å². The maximum atomic E-state index is 13.7. The van der Waals surface area contributed by atoms with E-state index in [4.69, 9.17) is 11.6 Å². The number of nitrogens with one attached hydrogen (secondary N) is 2. The molecular formula is C18H12ClF2N3O. The second-order valence-electron chi connectivity index (χ2n) is 5.12. The van der Waals surface area contributed by atoms with Gasteiger partial charge in [0.05, 0.1) is 0 Å². The summed E-state index contributed by atoms with van der Waals surface area (Å²) >= 11 is 5.88. The fraction of sp³-hybridized carbons (Fsp3) is 0. The van der Waals surface area contributed by atoms with Crippen LogP contribution < -0.4 is 10.6 Å². The Kier molecular flexibility index (Phi) is 4.90. The topological polar surface area (TPSA) is 54.0 Å². The van der Waals surface area contributed by atoms with Crippen molar-refractivity contribution in [1.82, 2.24) is 4.98 Å². The predicted octanol–water partition coefficient (Wildman–Crippen LogP) is 5.01. The molecule has 3 aromatic rings. The van der Waals surface area contributed by atoms with Crippen molar-refractivity contribution in [2.75, 3.05) is 10.6 Å². The van der Waals surface area contributed by atoms with Crippen molar-refractivity contribution in [2.45, 2.75) is 0 Å². The number of amides is 1. The number of benzene rings is 2. The first-order valence-electron chi connectivity index (χ1n) is 7.27. The lowest BCUT2D eigenvalue weighted by molar-refractivity contribution is 0.102. The molecule has 1 heterocycles. The molecule has 0 radical (unpaired) electrons. The Morgan fingerprint density at radius 3 is 2.44 bits per heavy atom. The Hall–Kier alpha value is -2.99. The van der Waals surface area contributed by atoms with Gasteiger partial charge in [0.15, 0.2) is 0 Å². The lowest BCUT2D eigenvalue weighted by atomic mass is 10.2. The lowest BCUT2D eigenvalue weighted by Gasteiger charge is -2.10. The molecule has 0 saturated heterocycles. The van der Waals surface area contributed by atoms with Crippen molar-refractivity contribution in [1.29, 1.82) is 0 Å². The Bertz CT molecular complexity index is 913. The highest BCUT2D eigenvalue weighted by molar-refractivity contribution is 6.30. The number of para-hydroxylation sites is 1. The van der Waals surface area contributed by atoms with Gasteiger partial charge in [-0.2, -0.15) is 0 Å². The van der Waals surface area contributed by atoms with Gasteiger partial charge in [-0.25, -0.2) is 13.8 Å². The SMILES string of the molecule is O=C(Nc1cccc(Cl)c1)c1ccnc(Nc2c(F)cccc2F)c1. The molecule has 2 N–H and O–H groups in total. The van der Waals surface area contributed by atoms with E-state index in [9.17, 15) is 13.6 Å². The standard InChI is InChI=1S/C18H12ClF2N3O/c19-12-3-1-4-13(10-12)23-18(25)11-7-8-22-16(9-11)24-17-14(20)5-2-6-15(17)21/h1-10H,(H,22,24)(H,23,25). The van der Waals surface area contributed by atoms with Gasteiger partial charge < -0.3 is 10.6 Å². The first-order chi connectivity index (χ1) is 12.0. The van der Waals surface area contributed by atoms with Crippen LogP contribution in [-0.4, -0.2) is 10.9 Å². The largest absolute Gasteiger partial charge is 0.335 e. The average molecular weight is 360 g/mol. The molecule has 25 heavy (non-hydrogen) atoms. The average Bonchev–Trinajstić information content (AvgIpc) is 2.58. The summed E-state index contributed by atoms with van der Waals surface area (Å²) in [6, 6.07) is 13.1. The Balaban J connectivity index is 1.80. The molecule has 1 aromatic heterocycles. The molecule has 0 atom stereocenters. The number of halogens is 3. The molecule has 0 aliphatic carbocycles. The number of carbonyl (C=O) groups is 1. The molecule has 4 nitrogen and oxygen atoms in total. The zero-order chi connectivity index (χ0) is 17.8. The van der Waals surface area contributed by atoms with Gasteiger partial charge >= 0.3 is 0 Å². The normalized spacial score (nSPS) is 10.4. The fourth-order valence-electron chi connectivity index (χ4n) is 2.15. The smallest absolute Gasteiger partial charge is 0.255 e. The molecule has 0 unspecified atom stereocenters. The lowest BCUT2D eigenvalue weighted by Crippen LogP contribution is -2.12. The third kappa shape index (κ3) is 4.10. The van der Waals surface area contributed by atoms with Gasteiger partial charge in [-0.05, 0) is 42.5 Å². The van der Waals surface area contributed by atoms with Gasteiger partial charge in [-0.15, -0.1) is 0 Å². The highest BCUT2D eigenvalue weighted by atomic mass is 35.5. The van der Waals surface area contributed by atoms with Crippen LogP contribution in [0.4, 0.5) is 26.0 Å². The summed E-state index contributed by atoms with van der Waals surface area (Å²) in [4.78, 5) is 16.3. The molecule has 1 amide bonds. The zero-order valence-corrected chi connectivity index (χ0v) is 13.5. The number of carbonyl (C=O) groups excluding carboxylic acids is 1. The summed E-state index contributed by atoms with van der Waals surface area (Å²) in [7, 11) is 0. The van der Waals surface area contributed by atoms with Crippen LogP contribution >= 0.6 is 11.6 Å². The van der Waals surface area contributed by atoms with Crippen molar-refractivity contribution in [2.24, 2.45) is 0 Å². The Labute approximate surface area is 147 Å². The van der Waals surface area contributed by atoms with Crippen molar-refractivity contribution < 1.29 is 13.6 Å². The van der Waals surface area contributed by atoms with Crippen LogP contribution in [0.1, 0.15) is 10.4 Å². The van der Waals surface area contributed by atoms with E-state index in [1.807, 2.05) is 0 Å². The van der Waals surface area contributed by atoms with E-state index in [0.29, 0.717) is 10.7 Å². The minimum absolute atomic E-state index is 0.141. The van der Waals surface area contributed by atoms with Crippen LogP contribution in [0.2, 0.25) is 5.02 Å². The number of anilines is 3. The van der Waals surface area contributed by atoms with Crippen LogP contribution in [-0.2, 0) is 0 Å². The number of nitrogens with zero attached hydrogens (tertiary/aromatic N) is 1. The van der Waals surface area contributed by atoms with E-state index in [1.54, 1.807) is 24.3 Å². The first kappa shape index (κ1) is 16.9. The van der Waals surface area contributed by atoms with Gasteiger partial charge in [-0.3, -0.25) is 4.79 Å². The van der Waals surface area contributed by atoms with Crippen LogP contribution in [0.5, 0.6) is 0 Å². The molecule has 7 heteroatoms. The summed E-state index contributed by atoms with van der Waals surface area (Å²) in [5, 5.41) is 5.72. The molecule has 0 fully saturated rings. The zero-order valence-electron chi connectivity index (χ0n) is 12.8. The van der Waals surface area contributed by atoms with Crippen molar-refractivity contribution in [3.63, 3.8) is 0 Å². The number of hydrogen-bond acceptors (Lipinski definition) is 3. The summed E-state index contributed by atoms with van der Waals surface area (Å²) in [5.74, 6) is -1.77. The number of aromatic nitrogens is 1. The van der Waals surface area contributed by atoms with Gasteiger partial charge in [0.2, 0.25) is 0 Å². The van der Waals surface area contributed by atoms with E-state index >= 15 is 0 Å². The van der Waals surface area contributed by atoms with Crippen molar-refractivity contribution in [3.05, 3.63) is 83.0 Å². The summed E-state index contributed by atoms with van der Waals surface area (Å²) in [5.41, 5.74) is 0.473. The molecule has 0 bridgehead atoms. The Morgan fingerprint density at radius 1 is 1.00 bits per heavy atom. The van der Waals surface area contributed by atoms with E-state index in [-0.39, 0.29) is 17.1 Å². The monoisotopic (exact) mass is 359 g/mol. The molecule has 126 valence electrons. The van der Waals surface area contributed by atoms with Gasteiger partial charge in [-0.1, -0.05) is 23.7 Å². The van der Waals surface area contributed by atoms with Crippen LogP contribution in [0, 0.1) is 11.6 Å². The molecule has 2 aromatic carbocycles. The minimum Gasteiger partial charge on any atom is -0.335 e. The molecule has 3 rings (SSSR count). The van der Waals surface area contributed by atoms with Crippen molar-refractivity contribution in [3.8, 4) is 0 Å². The van der Waals surface area contributed by atoms with E-state index in [2.05, 4.69) is 15.6 Å². The molecule has 0 aliphatic rings. The molecular weight excluding hydrogens is 348 g/mol. The van der Waals surface area contributed by atoms with E-state index < -0.39 is 17.5 Å². The van der Waals surface area contributed by atoms with Crippen LogP contribution in [0.3, 0.4) is 0 Å². The quantitative estimate of drug-likeness (QED) is 0.688. The maximum Gasteiger partial charge on any atom is 0.255 e. The number of pyridine rings is 1. The van der Waals surface area contributed by atoms with Gasteiger partial charge in [0.1, 0.15) is 23.1 Å². The second kappa shape index (κ2) is 7.27. The van der Waals surface area contributed by atoms with Gasteiger partial charge in [0, 0.05) is 22.5 Å². The van der Waals surface area contributed by atoms with E-state index in [1.165, 1.54) is 24.4 Å². The minimum atomic E-state index is -0.754. The first-order valence-corrected chi connectivity index (χ1v) is 7.65. The fourth-order valence-corrected chi connectivity index (χ4v) is 2.35. The summed E-state index contributed by atoms with van der Waals surface area (Å²) in [6.07, 6.45) is 1.37. The third-order valence-corrected chi connectivity index (χ3v) is 3.56. The highest BCUT2D eigenvalue weighted by Gasteiger charge is 2.11. The number of hydrogen-bond donors (Lipinski definition) is 2. The molecule has 0 aliphatic heterocycles. The van der Waals surface area contributed by atoms with Gasteiger partial charge in [0.25, 0.3) is 5.91 Å². The predicted molar refractivity (Wildman–Crippen MR) is 93.3 cm³/mol. The summed E-state index contributed by atoms with van der Waals surface area (Å²) < 4.78 is 27.4. The molecule has 0 saturated carbocycles. The Morgan fingerprint density at radius 2 is 1.72 bits per heavy atom. The molecule has 0 spiro atoms. The van der Waals surface area contributed by atoms with E-state index in [0.717, 1.165) is 12.1 Å². The highest BCUT2D eigenvalue weighted by Crippen LogP contribution is 2.23. The summed E-state index contributed by atoms with van der Waals surface area (Å²) in [6.45, 7) is 0. The van der Waals surface area contributed by atoms with Crippen LogP contribution in [0.25, 0.3) is 0 Å². The maximum absolute atomic E-state index is 13.7. The second-order valence-corrected chi connectivity index (χ2v) is 5.55. The van der Waals surface area contributed by atoms with Crippen molar-refractivity contribution >= 4 is 34.7 Å². The number of rotatable bonds is 4.